The average Bonchev–Trinajstić information content (AvgIpc) is 2.99. The number of aliphatic hydroxyl groups excluding tert-OH is 1. The molecular weight excluding hydrogens is 353 g/mol. The highest BCUT2D eigenvalue weighted by Crippen LogP contribution is 2.42. The van der Waals surface area contributed by atoms with Crippen LogP contribution in [0, 0.1) is 5.82 Å². The van der Waals surface area contributed by atoms with Gasteiger partial charge in [-0.1, -0.05) is 72.8 Å². The molecule has 0 bridgehead atoms. The first kappa shape index (κ1) is 18.0. The van der Waals surface area contributed by atoms with Gasteiger partial charge in [-0.05, 0) is 35.2 Å². The van der Waals surface area contributed by atoms with Crippen LogP contribution in [0.3, 0.4) is 0 Å². The summed E-state index contributed by atoms with van der Waals surface area (Å²) in [7, 11) is 0. The lowest BCUT2D eigenvalue weighted by atomic mass is 9.93. The van der Waals surface area contributed by atoms with Crippen LogP contribution in [-0.4, -0.2) is 22.5 Å². The van der Waals surface area contributed by atoms with E-state index in [-0.39, 0.29) is 11.6 Å². The fourth-order valence-corrected chi connectivity index (χ4v) is 3.68. The molecule has 0 saturated carbocycles. The third-order valence-corrected chi connectivity index (χ3v) is 5.06. The molecule has 0 spiro atoms. The van der Waals surface area contributed by atoms with E-state index in [4.69, 9.17) is 0 Å². The van der Waals surface area contributed by atoms with Crippen molar-refractivity contribution < 1.29 is 14.3 Å². The Morgan fingerprint density at radius 3 is 2.11 bits per heavy atom. The normalized spacial score (nSPS) is 16.7. The van der Waals surface area contributed by atoms with E-state index >= 15 is 0 Å². The van der Waals surface area contributed by atoms with Gasteiger partial charge in [-0.15, -0.1) is 0 Å². The van der Waals surface area contributed by atoms with Crippen LogP contribution in [0.5, 0.6) is 0 Å². The van der Waals surface area contributed by atoms with E-state index in [0.29, 0.717) is 24.1 Å². The fraction of sp³-hybridized carbons (Fsp3) is 0.125. The molecule has 1 aliphatic rings. The molecule has 4 heteroatoms. The second-order valence-electron chi connectivity index (χ2n) is 6.82. The molecule has 28 heavy (non-hydrogen) atoms. The van der Waals surface area contributed by atoms with Gasteiger partial charge in [0.1, 0.15) is 5.82 Å². The maximum absolute atomic E-state index is 13.4. The van der Waals surface area contributed by atoms with E-state index in [1.165, 1.54) is 12.1 Å². The monoisotopic (exact) mass is 373 g/mol. The van der Waals surface area contributed by atoms with E-state index in [1.807, 2.05) is 60.7 Å². The van der Waals surface area contributed by atoms with Crippen molar-refractivity contribution in [1.82, 2.24) is 4.90 Å². The topological polar surface area (TPSA) is 40.5 Å². The molecule has 140 valence electrons. The summed E-state index contributed by atoms with van der Waals surface area (Å²) in [6.07, 6.45) is 0.680. The van der Waals surface area contributed by atoms with Crippen molar-refractivity contribution in [3.8, 4) is 0 Å². The molecule has 0 radical (unpaired) electrons. The van der Waals surface area contributed by atoms with E-state index in [0.717, 1.165) is 11.1 Å². The smallest absolute Gasteiger partial charge is 0.289 e. The number of amides is 1. The molecule has 0 saturated heterocycles. The predicted molar refractivity (Wildman–Crippen MR) is 107 cm³/mol. The van der Waals surface area contributed by atoms with Crippen molar-refractivity contribution in [3.05, 3.63) is 113 Å². The number of halogens is 1. The van der Waals surface area contributed by atoms with Crippen LogP contribution in [0.25, 0.3) is 5.57 Å². The number of rotatable bonds is 5. The summed E-state index contributed by atoms with van der Waals surface area (Å²) in [6.45, 7) is 0.469. The molecule has 0 aliphatic carbocycles. The fourth-order valence-electron chi connectivity index (χ4n) is 3.68. The lowest BCUT2D eigenvalue weighted by Crippen LogP contribution is -2.32. The van der Waals surface area contributed by atoms with E-state index in [2.05, 4.69) is 0 Å². The van der Waals surface area contributed by atoms with Gasteiger partial charge < -0.3 is 10.0 Å². The minimum Gasteiger partial charge on any atom is -0.503 e. The Labute approximate surface area is 163 Å². The van der Waals surface area contributed by atoms with Crippen molar-refractivity contribution >= 4 is 11.5 Å². The van der Waals surface area contributed by atoms with Gasteiger partial charge in [-0.2, -0.15) is 0 Å². The van der Waals surface area contributed by atoms with E-state index < -0.39 is 11.9 Å². The van der Waals surface area contributed by atoms with Crippen LogP contribution in [0.4, 0.5) is 4.39 Å². The predicted octanol–water partition coefficient (Wildman–Crippen LogP) is 4.92. The van der Waals surface area contributed by atoms with Crippen molar-refractivity contribution in [2.75, 3.05) is 6.54 Å². The minimum atomic E-state index is -0.414. The number of carbonyl (C=O) groups is 1. The highest BCUT2D eigenvalue weighted by molar-refractivity contribution is 6.05. The van der Waals surface area contributed by atoms with Gasteiger partial charge in [0.05, 0.1) is 6.04 Å². The molecule has 3 aromatic rings. The summed E-state index contributed by atoms with van der Waals surface area (Å²) in [4.78, 5) is 14.6. The van der Waals surface area contributed by atoms with E-state index in [9.17, 15) is 14.3 Å². The van der Waals surface area contributed by atoms with Crippen molar-refractivity contribution in [3.63, 3.8) is 0 Å². The summed E-state index contributed by atoms with van der Waals surface area (Å²) >= 11 is 0. The largest absolute Gasteiger partial charge is 0.503 e. The molecule has 1 N–H and O–H groups in total. The molecule has 0 unspecified atom stereocenters. The summed E-state index contributed by atoms with van der Waals surface area (Å²) in [5.74, 6) is -1.03. The molecule has 1 heterocycles. The first-order chi connectivity index (χ1) is 13.6. The first-order valence-corrected chi connectivity index (χ1v) is 9.24. The number of hydrogen-bond acceptors (Lipinski definition) is 2. The number of hydrogen-bond donors (Lipinski definition) is 1. The van der Waals surface area contributed by atoms with Crippen molar-refractivity contribution in [2.24, 2.45) is 0 Å². The zero-order valence-corrected chi connectivity index (χ0v) is 15.3. The zero-order chi connectivity index (χ0) is 19.5. The van der Waals surface area contributed by atoms with Gasteiger partial charge in [0, 0.05) is 12.1 Å². The number of aliphatic hydroxyl groups is 1. The Morgan fingerprint density at radius 1 is 0.857 bits per heavy atom. The van der Waals surface area contributed by atoms with Crippen LogP contribution in [0.1, 0.15) is 22.7 Å². The van der Waals surface area contributed by atoms with E-state index in [1.54, 1.807) is 17.0 Å². The molecule has 3 aromatic carbocycles. The molecule has 0 fully saturated rings. The van der Waals surface area contributed by atoms with Crippen LogP contribution in [-0.2, 0) is 11.2 Å². The van der Waals surface area contributed by atoms with Crippen LogP contribution in [0.15, 0.2) is 90.7 Å². The Balaban J connectivity index is 1.72. The van der Waals surface area contributed by atoms with Gasteiger partial charge in [0.25, 0.3) is 5.91 Å². The van der Waals surface area contributed by atoms with Crippen LogP contribution in [0.2, 0.25) is 0 Å². The summed E-state index contributed by atoms with van der Waals surface area (Å²) < 4.78 is 13.4. The Hall–Kier alpha value is -3.40. The summed E-state index contributed by atoms with van der Waals surface area (Å²) in [5, 5.41) is 10.7. The molecule has 3 nitrogen and oxygen atoms in total. The number of carbonyl (C=O) groups excluding carboxylic acids is 1. The van der Waals surface area contributed by atoms with Crippen LogP contribution >= 0.6 is 0 Å². The van der Waals surface area contributed by atoms with Crippen molar-refractivity contribution in [1.29, 1.82) is 0 Å². The maximum atomic E-state index is 13.4. The lowest BCUT2D eigenvalue weighted by molar-refractivity contribution is -0.129. The summed E-state index contributed by atoms with van der Waals surface area (Å²) in [6, 6.07) is 25.0. The van der Waals surface area contributed by atoms with Gasteiger partial charge in [0.2, 0.25) is 0 Å². The second-order valence-corrected chi connectivity index (χ2v) is 6.82. The standard InChI is InChI=1S/C24H20FNO2/c25-20-13-11-18(12-14-20)21-22(19-9-5-2-6-10-19)26(24(28)23(21)27)16-15-17-7-3-1-4-8-17/h1-14,22,27H,15-16H2/t22-/m1/s1. The third-order valence-electron chi connectivity index (χ3n) is 5.06. The SMILES string of the molecule is O=C1C(O)=C(c2ccc(F)cc2)[C@@H](c2ccccc2)N1CCc1ccccc1. The summed E-state index contributed by atoms with van der Waals surface area (Å²) in [5.41, 5.74) is 3.19. The lowest BCUT2D eigenvalue weighted by Gasteiger charge is -2.27. The van der Waals surface area contributed by atoms with Gasteiger partial charge in [-0.25, -0.2) is 4.39 Å². The first-order valence-electron chi connectivity index (χ1n) is 9.24. The Bertz CT molecular complexity index is 998. The molecule has 1 aliphatic heterocycles. The van der Waals surface area contributed by atoms with Gasteiger partial charge in [-0.3, -0.25) is 4.79 Å². The Kier molecular flexibility index (Phi) is 4.94. The second kappa shape index (κ2) is 7.69. The number of benzene rings is 3. The molecule has 0 aromatic heterocycles. The molecular formula is C24H20FNO2. The maximum Gasteiger partial charge on any atom is 0.289 e. The highest BCUT2D eigenvalue weighted by Gasteiger charge is 2.40. The van der Waals surface area contributed by atoms with Crippen LogP contribution < -0.4 is 0 Å². The molecule has 4 rings (SSSR count). The zero-order valence-electron chi connectivity index (χ0n) is 15.3. The minimum absolute atomic E-state index is 0.270. The number of nitrogens with zero attached hydrogens (tertiary/aromatic N) is 1. The average molecular weight is 373 g/mol. The highest BCUT2D eigenvalue weighted by atomic mass is 19.1. The third kappa shape index (κ3) is 3.41. The van der Waals surface area contributed by atoms with Crippen molar-refractivity contribution in [2.45, 2.75) is 12.5 Å². The van der Waals surface area contributed by atoms with Gasteiger partial charge in [0.15, 0.2) is 5.76 Å². The molecule has 1 atom stereocenters. The quantitative estimate of drug-likeness (QED) is 0.690. The molecule has 1 amide bonds. The Morgan fingerprint density at radius 2 is 1.46 bits per heavy atom. The van der Waals surface area contributed by atoms with Gasteiger partial charge >= 0.3 is 0 Å².